The zero-order valence-corrected chi connectivity index (χ0v) is 10.4. The molecule has 0 amide bonds. The van der Waals surface area contributed by atoms with E-state index in [0.29, 0.717) is 6.61 Å². The highest BCUT2D eigenvalue weighted by Gasteiger charge is 2.26. The summed E-state index contributed by atoms with van der Waals surface area (Å²) in [5.41, 5.74) is -1.92. The van der Waals surface area contributed by atoms with Gasteiger partial charge in [-0.25, -0.2) is 28.1 Å². The number of rotatable bonds is 6. The molecule has 1 aliphatic rings. The van der Waals surface area contributed by atoms with Gasteiger partial charge in [-0.1, -0.05) is 12.2 Å². The summed E-state index contributed by atoms with van der Waals surface area (Å²) in [6, 6.07) is 0. The normalized spacial score (nSPS) is 17.2. The second kappa shape index (κ2) is 5.23. The maximum absolute atomic E-state index is 12.1. The molecular weight excluding hydrogens is 250 g/mol. The van der Waals surface area contributed by atoms with Crippen LogP contribution in [0.25, 0.3) is 0 Å². The van der Waals surface area contributed by atoms with E-state index >= 15 is 0 Å². The van der Waals surface area contributed by atoms with Crippen LogP contribution in [0.15, 0.2) is 39.7 Å². The van der Waals surface area contributed by atoms with Crippen LogP contribution < -0.4 is 17.1 Å². The Balaban J connectivity index is 2.67. The zero-order chi connectivity index (χ0) is 14.0. The second-order valence-corrected chi connectivity index (χ2v) is 4.21. The third kappa shape index (κ3) is 2.50. The quantitative estimate of drug-likeness (QED) is 0.485. The molecule has 7 nitrogen and oxygen atoms in total. The molecule has 0 bridgehead atoms. The first-order chi connectivity index (χ1) is 9.10. The third-order valence-corrected chi connectivity index (χ3v) is 2.80. The fourth-order valence-electron chi connectivity index (χ4n) is 1.79. The Hall–Kier alpha value is -2.15. The molecule has 0 saturated carbocycles. The molecule has 7 heteroatoms. The number of ether oxygens (including phenoxy) is 1. The molecule has 0 unspecified atom stereocenters. The van der Waals surface area contributed by atoms with Crippen LogP contribution in [-0.4, -0.2) is 26.4 Å². The topological polar surface area (TPSA) is 78.5 Å². The van der Waals surface area contributed by atoms with Crippen molar-refractivity contribution in [3.63, 3.8) is 0 Å². The molecule has 0 aliphatic carbocycles. The van der Waals surface area contributed by atoms with Crippen molar-refractivity contribution in [2.24, 2.45) is 0 Å². The number of epoxide rings is 1. The van der Waals surface area contributed by atoms with Crippen LogP contribution >= 0.6 is 0 Å². The lowest BCUT2D eigenvalue weighted by molar-refractivity contribution is 0.362. The highest BCUT2D eigenvalue weighted by atomic mass is 16.6. The zero-order valence-electron chi connectivity index (χ0n) is 10.4. The molecule has 1 saturated heterocycles. The summed E-state index contributed by atoms with van der Waals surface area (Å²) in [6.45, 7) is 7.79. The van der Waals surface area contributed by atoms with Crippen LogP contribution in [0, 0.1) is 0 Å². The summed E-state index contributed by atoms with van der Waals surface area (Å²) < 4.78 is 7.98. The summed E-state index contributed by atoms with van der Waals surface area (Å²) in [6.07, 6.45) is 2.74. The van der Waals surface area contributed by atoms with Gasteiger partial charge in [0.05, 0.1) is 32.3 Å². The lowest BCUT2D eigenvalue weighted by Crippen LogP contribution is -2.54. The maximum atomic E-state index is 12.1. The van der Waals surface area contributed by atoms with Crippen LogP contribution in [0.3, 0.4) is 0 Å². The standard InChI is InChI=1S/C12H15N3O4/c1-3-5-13-10(16)14(6-4-2)12(18)15(11(13)17)7-9-8-19-9/h3-4,9H,1-2,5-8H2/t9-/m0/s1. The van der Waals surface area contributed by atoms with Gasteiger partial charge in [-0.05, 0) is 0 Å². The smallest absolute Gasteiger partial charge is 0.336 e. The van der Waals surface area contributed by atoms with Gasteiger partial charge in [-0.15, -0.1) is 13.2 Å². The largest absolute Gasteiger partial charge is 0.371 e. The molecule has 0 spiro atoms. The van der Waals surface area contributed by atoms with E-state index in [1.54, 1.807) is 0 Å². The van der Waals surface area contributed by atoms with Gasteiger partial charge in [-0.3, -0.25) is 0 Å². The fraction of sp³-hybridized carbons (Fsp3) is 0.417. The number of hydrogen-bond donors (Lipinski definition) is 0. The minimum absolute atomic E-state index is 0.0562. The molecule has 2 heterocycles. The Morgan fingerprint density at radius 3 is 1.79 bits per heavy atom. The third-order valence-electron chi connectivity index (χ3n) is 2.80. The first kappa shape index (κ1) is 13.3. The van der Waals surface area contributed by atoms with E-state index in [2.05, 4.69) is 13.2 Å². The molecule has 2 rings (SSSR count). The molecular formula is C12H15N3O4. The maximum Gasteiger partial charge on any atom is 0.336 e. The van der Waals surface area contributed by atoms with E-state index in [1.807, 2.05) is 0 Å². The average molecular weight is 265 g/mol. The van der Waals surface area contributed by atoms with E-state index in [0.717, 1.165) is 13.7 Å². The van der Waals surface area contributed by atoms with Gasteiger partial charge in [0.1, 0.15) is 0 Å². The van der Waals surface area contributed by atoms with Crippen molar-refractivity contribution in [3.05, 3.63) is 56.8 Å². The van der Waals surface area contributed by atoms with E-state index in [4.69, 9.17) is 4.74 Å². The first-order valence-electron chi connectivity index (χ1n) is 5.88. The minimum Gasteiger partial charge on any atom is -0.371 e. The van der Waals surface area contributed by atoms with Gasteiger partial charge < -0.3 is 4.74 Å². The van der Waals surface area contributed by atoms with Crippen LogP contribution in [0.4, 0.5) is 0 Å². The predicted octanol–water partition coefficient (Wildman–Crippen LogP) is -1.06. The van der Waals surface area contributed by atoms with Crippen molar-refractivity contribution < 1.29 is 4.74 Å². The van der Waals surface area contributed by atoms with Gasteiger partial charge in [0.2, 0.25) is 0 Å². The Labute approximate surface area is 108 Å². The molecule has 0 N–H and O–H groups in total. The summed E-state index contributed by atoms with van der Waals surface area (Å²) >= 11 is 0. The number of aromatic nitrogens is 3. The molecule has 1 atom stereocenters. The molecule has 102 valence electrons. The van der Waals surface area contributed by atoms with Crippen molar-refractivity contribution in [2.45, 2.75) is 25.7 Å². The number of hydrogen-bond acceptors (Lipinski definition) is 4. The molecule has 19 heavy (non-hydrogen) atoms. The number of nitrogens with zero attached hydrogens (tertiary/aromatic N) is 3. The van der Waals surface area contributed by atoms with Crippen LogP contribution in [0.1, 0.15) is 0 Å². The molecule has 0 aromatic carbocycles. The highest BCUT2D eigenvalue weighted by Crippen LogP contribution is 2.08. The summed E-state index contributed by atoms with van der Waals surface area (Å²) in [4.78, 5) is 36.2. The molecule has 0 radical (unpaired) electrons. The SMILES string of the molecule is C=CCn1c(=O)n(CC=C)c(=O)n(C[C@H]2CO2)c1=O. The van der Waals surface area contributed by atoms with Crippen LogP contribution in [-0.2, 0) is 24.4 Å². The summed E-state index contributed by atoms with van der Waals surface area (Å²) in [7, 11) is 0. The van der Waals surface area contributed by atoms with Gasteiger partial charge in [-0.2, -0.15) is 0 Å². The monoisotopic (exact) mass is 265 g/mol. The molecule has 1 fully saturated rings. The van der Waals surface area contributed by atoms with Gasteiger partial charge in [0.15, 0.2) is 0 Å². The predicted molar refractivity (Wildman–Crippen MR) is 69.4 cm³/mol. The van der Waals surface area contributed by atoms with Gasteiger partial charge in [0.25, 0.3) is 0 Å². The second-order valence-electron chi connectivity index (χ2n) is 4.21. The molecule has 1 aromatic rings. The van der Waals surface area contributed by atoms with E-state index in [-0.39, 0.29) is 25.7 Å². The summed E-state index contributed by atoms with van der Waals surface area (Å²) in [5.74, 6) is 0. The van der Waals surface area contributed by atoms with Crippen molar-refractivity contribution >= 4 is 0 Å². The van der Waals surface area contributed by atoms with Crippen molar-refractivity contribution in [2.75, 3.05) is 6.61 Å². The first-order valence-corrected chi connectivity index (χ1v) is 5.88. The Morgan fingerprint density at radius 2 is 1.42 bits per heavy atom. The van der Waals surface area contributed by atoms with E-state index in [1.165, 1.54) is 12.2 Å². The fourth-order valence-corrected chi connectivity index (χ4v) is 1.79. The lowest BCUT2D eigenvalue weighted by Gasteiger charge is -2.11. The Kier molecular flexibility index (Phi) is 3.66. The van der Waals surface area contributed by atoms with Crippen LogP contribution in [0.2, 0.25) is 0 Å². The lowest BCUT2D eigenvalue weighted by atomic mass is 10.4. The highest BCUT2D eigenvalue weighted by molar-refractivity contribution is 4.86. The molecule has 1 aromatic heterocycles. The van der Waals surface area contributed by atoms with E-state index in [9.17, 15) is 14.4 Å². The van der Waals surface area contributed by atoms with Gasteiger partial charge in [0, 0.05) is 0 Å². The van der Waals surface area contributed by atoms with E-state index < -0.39 is 17.1 Å². The average Bonchev–Trinajstić information content (AvgIpc) is 3.20. The van der Waals surface area contributed by atoms with Crippen molar-refractivity contribution in [1.29, 1.82) is 0 Å². The minimum atomic E-state index is -0.650. The van der Waals surface area contributed by atoms with Crippen molar-refractivity contribution in [1.82, 2.24) is 13.7 Å². The summed E-state index contributed by atoms with van der Waals surface area (Å²) in [5, 5.41) is 0. The Bertz CT molecular complexity index is 627. The number of allylic oxidation sites excluding steroid dienone is 2. The van der Waals surface area contributed by atoms with Crippen molar-refractivity contribution in [3.8, 4) is 0 Å². The van der Waals surface area contributed by atoms with Crippen LogP contribution in [0.5, 0.6) is 0 Å². The van der Waals surface area contributed by atoms with Gasteiger partial charge >= 0.3 is 17.1 Å². The molecule has 1 aliphatic heterocycles. The Morgan fingerprint density at radius 1 is 1.00 bits per heavy atom.